The molecule has 0 saturated carbocycles. The number of esters is 1. The fourth-order valence-corrected chi connectivity index (χ4v) is 1.90. The first-order chi connectivity index (χ1) is 9.54. The van der Waals surface area contributed by atoms with Crippen LogP contribution in [0.4, 0.5) is 5.82 Å². The molecule has 1 heterocycles. The van der Waals surface area contributed by atoms with Crippen molar-refractivity contribution in [3.05, 3.63) is 35.5 Å². The van der Waals surface area contributed by atoms with Crippen molar-refractivity contribution in [1.82, 2.24) is 15.0 Å². The Labute approximate surface area is 117 Å². The second-order valence-electron chi connectivity index (χ2n) is 4.67. The number of nitrogens with zero attached hydrogens (tertiary/aromatic N) is 3. The minimum absolute atomic E-state index is 0.0459. The van der Waals surface area contributed by atoms with E-state index in [1.807, 2.05) is 31.2 Å². The van der Waals surface area contributed by atoms with Crippen molar-refractivity contribution >= 4 is 11.8 Å². The highest BCUT2D eigenvalue weighted by Crippen LogP contribution is 2.20. The van der Waals surface area contributed by atoms with Crippen LogP contribution in [0.15, 0.2) is 24.3 Å². The summed E-state index contributed by atoms with van der Waals surface area (Å²) in [5.74, 6) is -0.366. The van der Waals surface area contributed by atoms with Gasteiger partial charge in [0.15, 0.2) is 5.82 Å². The molecule has 0 aliphatic heterocycles. The first kappa shape index (κ1) is 14.0. The molecule has 0 atom stereocenters. The van der Waals surface area contributed by atoms with Crippen LogP contribution in [0.1, 0.15) is 36.8 Å². The number of nitrogens with two attached hydrogens (primary N) is 1. The van der Waals surface area contributed by atoms with Crippen LogP contribution in [0.3, 0.4) is 0 Å². The zero-order valence-corrected chi connectivity index (χ0v) is 11.8. The zero-order valence-electron chi connectivity index (χ0n) is 11.8. The molecule has 0 radical (unpaired) electrons. The topological polar surface area (TPSA) is 83.0 Å². The number of aryl methyl sites for hydroxylation is 1. The fourth-order valence-electron chi connectivity index (χ4n) is 1.90. The van der Waals surface area contributed by atoms with Gasteiger partial charge < -0.3 is 10.5 Å². The molecular formula is C14H18N4O2. The standard InChI is InChI=1S/C14H18N4O2/c1-4-10-7-5-6-8-11(10)18-13(15)12(16-17-18)14(19)20-9(2)3/h5-9H,4,15H2,1-3H3. The Morgan fingerprint density at radius 1 is 1.40 bits per heavy atom. The van der Waals surface area contributed by atoms with E-state index < -0.39 is 5.97 Å². The summed E-state index contributed by atoms with van der Waals surface area (Å²) >= 11 is 0. The maximum Gasteiger partial charge on any atom is 0.363 e. The van der Waals surface area contributed by atoms with Gasteiger partial charge in [-0.1, -0.05) is 30.3 Å². The summed E-state index contributed by atoms with van der Waals surface area (Å²) in [5.41, 5.74) is 7.92. The van der Waals surface area contributed by atoms with Gasteiger partial charge in [-0.15, -0.1) is 5.10 Å². The average Bonchev–Trinajstić information content (AvgIpc) is 2.79. The maximum absolute atomic E-state index is 11.9. The van der Waals surface area contributed by atoms with E-state index in [0.717, 1.165) is 17.7 Å². The van der Waals surface area contributed by atoms with E-state index in [0.29, 0.717) is 0 Å². The summed E-state index contributed by atoms with van der Waals surface area (Å²) in [6, 6.07) is 7.72. The summed E-state index contributed by atoms with van der Waals surface area (Å²) in [6.45, 7) is 5.58. The normalized spacial score (nSPS) is 10.8. The SMILES string of the molecule is CCc1ccccc1-n1nnc(C(=O)OC(C)C)c1N. The lowest BCUT2D eigenvalue weighted by Gasteiger charge is -2.09. The quantitative estimate of drug-likeness (QED) is 0.862. The minimum Gasteiger partial charge on any atom is -0.458 e. The van der Waals surface area contributed by atoms with Crippen molar-refractivity contribution in [1.29, 1.82) is 0 Å². The Morgan fingerprint density at radius 2 is 2.10 bits per heavy atom. The Balaban J connectivity index is 2.40. The maximum atomic E-state index is 11.9. The lowest BCUT2D eigenvalue weighted by atomic mass is 10.1. The number of rotatable bonds is 4. The number of nitrogen functional groups attached to an aromatic ring is 1. The molecular weight excluding hydrogens is 256 g/mol. The smallest absolute Gasteiger partial charge is 0.363 e. The molecule has 6 nitrogen and oxygen atoms in total. The summed E-state index contributed by atoms with van der Waals surface area (Å²) < 4.78 is 6.56. The summed E-state index contributed by atoms with van der Waals surface area (Å²) in [4.78, 5) is 11.9. The van der Waals surface area contributed by atoms with Gasteiger partial charge in [0.1, 0.15) is 0 Å². The third kappa shape index (κ3) is 2.64. The van der Waals surface area contributed by atoms with Gasteiger partial charge in [-0.3, -0.25) is 0 Å². The number of benzene rings is 1. The molecule has 20 heavy (non-hydrogen) atoms. The summed E-state index contributed by atoms with van der Waals surface area (Å²) in [6.07, 6.45) is 0.608. The van der Waals surface area contributed by atoms with Gasteiger partial charge in [0.2, 0.25) is 5.69 Å². The largest absolute Gasteiger partial charge is 0.458 e. The molecule has 0 spiro atoms. The Hall–Kier alpha value is -2.37. The highest BCUT2D eigenvalue weighted by Gasteiger charge is 2.21. The number of para-hydroxylation sites is 1. The van der Waals surface area contributed by atoms with Crippen LogP contribution in [-0.4, -0.2) is 27.1 Å². The lowest BCUT2D eigenvalue weighted by Crippen LogP contribution is -2.14. The van der Waals surface area contributed by atoms with Crippen LogP contribution in [0.2, 0.25) is 0 Å². The molecule has 0 unspecified atom stereocenters. The van der Waals surface area contributed by atoms with Crippen molar-refractivity contribution in [2.75, 3.05) is 5.73 Å². The highest BCUT2D eigenvalue weighted by atomic mass is 16.5. The van der Waals surface area contributed by atoms with E-state index in [9.17, 15) is 4.79 Å². The van der Waals surface area contributed by atoms with Gasteiger partial charge in [-0.25, -0.2) is 4.79 Å². The summed E-state index contributed by atoms with van der Waals surface area (Å²) in [7, 11) is 0. The first-order valence-corrected chi connectivity index (χ1v) is 6.55. The molecule has 0 amide bonds. The van der Waals surface area contributed by atoms with E-state index in [1.165, 1.54) is 4.68 Å². The van der Waals surface area contributed by atoms with Crippen LogP contribution in [-0.2, 0) is 11.2 Å². The predicted molar refractivity (Wildman–Crippen MR) is 75.7 cm³/mol. The number of anilines is 1. The van der Waals surface area contributed by atoms with Gasteiger partial charge in [-0.2, -0.15) is 4.68 Å². The first-order valence-electron chi connectivity index (χ1n) is 6.55. The highest BCUT2D eigenvalue weighted by molar-refractivity contribution is 5.92. The zero-order chi connectivity index (χ0) is 14.7. The summed E-state index contributed by atoms with van der Waals surface area (Å²) in [5, 5.41) is 7.80. The van der Waals surface area contributed by atoms with Crippen LogP contribution >= 0.6 is 0 Å². The molecule has 2 N–H and O–H groups in total. The molecule has 2 aromatic rings. The van der Waals surface area contributed by atoms with E-state index in [1.54, 1.807) is 13.8 Å². The average molecular weight is 274 g/mol. The van der Waals surface area contributed by atoms with Crippen molar-refractivity contribution in [2.45, 2.75) is 33.3 Å². The predicted octanol–water partition coefficient (Wildman–Crippen LogP) is 1.98. The number of hydrogen-bond donors (Lipinski definition) is 1. The van der Waals surface area contributed by atoms with Gasteiger partial charge in [0, 0.05) is 0 Å². The Bertz CT molecular complexity index is 619. The Morgan fingerprint density at radius 3 is 2.75 bits per heavy atom. The Kier molecular flexibility index (Phi) is 4.02. The van der Waals surface area contributed by atoms with Gasteiger partial charge in [-0.05, 0) is 31.9 Å². The number of hydrogen-bond acceptors (Lipinski definition) is 5. The monoisotopic (exact) mass is 274 g/mol. The van der Waals surface area contributed by atoms with Gasteiger partial charge >= 0.3 is 5.97 Å². The molecule has 0 aliphatic carbocycles. The number of aromatic nitrogens is 3. The van der Waals surface area contributed by atoms with E-state index in [-0.39, 0.29) is 17.6 Å². The third-order valence-corrected chi connectivity index (χ3v) is 2.84. The molecule has 0 bridgehead atoms. The second-order valence-corrected chi connectivity index (χ2v) is 4.67. The second kappa shape index (κ2) is 5.73. The molecule has 0 fully saturated rings. The van der Waals surface area contributed by atoms with Gasteiger partial charge in [0.25, 0.3) is 0 Å². The number of carbonyl (C=O) groups is 1. The molecule has 1 aromatic heterocycles. The lowest BCUT2D eigenvalue weighted by molar-refractivity contribution is 0.0372. The molecule has 0 aliphatic rings. The van der Waals surface area contributed by atoms with E-state index >= 15 is 0 Å². The van der Waals surface area contributed by atoms with Gasteiger partial charge in [0.05, 0.1) is 11.8 Å². The van der Waals surface area contributed by atoms with Crippen LogP contribution in [0.25, 0.3) is 5.69 Å². The van der Waals surface area contributed by atoms with Crippen molar-refractivity contribution in [2.24, 2.45) is 0 Å². The molecule has 2 rings (SSSR count). The molecule has 6 heteroatoms. The number of carbonyl (C=O) groups excluding carboxylic acids is 1. The van der Waals surface area contributed by atoms with Crippen molar-refractivity contribution in [3.63, 3.8) is 0 Å². The molecule has 106 valence electrons. The molecule has 1 aromatic carbocycles. The minimum atomic E-state index is -0.558. The van der Waals surface area contributed by atoms with E-state index in [2.05, 4.69) is 10.3 Å². The molecule has 0 saturated heterocycles. The fraction of sp³-hybridized carbons (Fsp3) is 0.357. The van der Waals surface area contributed by atoms with Crippen molar-refractivity contribution < 1.29 is 9.53 Å². The van der Waals surface area contributed by atoms with Crippen molar-refractivity contribution in [3.8, 4) is 5.69 Å². The third-order valence-electron chi connectivity index (χ3n) is 2.84. The van der Waals surface area contributed by atoms with E-state index in [4.69, 9.17) is 10.5 Å². The van der Waals surface area contributed by atoms with Crippen LogP contribution < -0.4 is 5.73 Å². The number of ether oxygens (including phenoxy) is 1. The van der Waals surface area contributed by atoms with Crippen LogP contribution in [0, 0.1) is 0 Å². The van der Waals surface area contributed by atoms with Crippen LogP contribution in [0.5, 0.6) is 0 Å².